The molecule has 8 aromatic carbocycles. The lowest BCUT2D eigenvalue weighted by molar-refractivity contribution is 0.660. The summed E-state index contributed by atoms with van der Waals surface area (Å²) in [6.45, 7) is 4.68. The zero-order valence-electron chi connectivity index (χ0n) is 27.4. The number of hydrogen-bond acceptors (Lipinski definition) is 2. The average molecular weight is 628 g/mol. The third-order valence-electron chi connectivity index (χ3n) is 10.6. The van der Waals surface area contributed by atoms with Crippen molar-refractivity contribution in [1.29, 1.82) is 0 Å². The van der Waals surface area contributed by atoms with E-state index in [0.29, 0.717) is 0 Å². The number of rotatable bonds is 4. The molecule has 0 N–H and O–H groups in total. The topological polar surface area (TPSA) is 16.4 Å². The van der Waals surface area contributed by atoms with Crippen molar-refractivity contribution in [2.45, 2.75) is 19.3 Å². The first kappa shape index (κ1) is 27.9. The second-order valence-corrected chi connectivity index (χ2v) is 13.8. The molecule has 0 spiro atoms. The van der Waals surface area contributed by atoms with E-state index >= 15 is 0 Å². The quantitative estimate of drug-likeness (QED) is 0.193. The zero-order valence-corrected chi connectivity index (χ0v) is 27.4. The molecule has 1 heterocycles. The van der Waals surface area contributed by atoms with Crippen molar-refractivity contribution >= 4 is 60.5 Å². The van der Waals surface area contributed by atoms with Crippen LogP contribution in [0, 0.1) is 0 Å². The Kier molecular flexibility index (Phi) is 5.95. The van der Waals surface area contributed by atoms with Gasteiger partial charge in [0.25, 0.3) is 0 Å². The van der Waals surface area contributed by atoms with E-state index in [4.69, 9.17) is 4.42 Å². The van der Waals surface area contributed by atoms with E-state index < -0.39 is 0 Å². The van der Waals surface area contributed by atoms with Crippen LogP contribution >= 0.6 is 0 Å². The van der Waals surface area contributed by atoms with Crippen molar-refractivity contribution in [3.63, 3.8) is 0 Å². The maximum absolute atomic E-state index is 6.24. The highest BCUT2D eigenvalue weighted by Gasteiger charge is 2.35. The van der Waals surface area contributed by atoms with Gasteiger partial charge in [-0.25, -0.2) is 0 Å². The van der Waals surface area contributed by atoms with Crippen molar-refractivity contribution in [3.8, 4) is 22.3 Å². The minimum Gasteiger partial charge on any atom is -0.456 e. The first-order valence-corrected chi connectivity index (χ1v) is 17.0. The predicted molar refractivity (Wildman–Crippen MR) is 206 cm³/mol. The molecule has 1 aliphatic carbocycles. The molecule has 0 fully saturated rings. The molecule has 9 aromatic rings. The second kappa shape index (κ2) is 10.4. The summed E-state index contributed by atoms with van der Waals surface area (Å²) in [6.07, 6.45) is 0. The van der Waals surface area contributed by atoms with E-state index in [9.17, 15) is 0 Å². The molecule has 49 heavy (non-hydrogen) atoms. The third kappa shape index (κ3) is 4.34. The zero-order chi connectivity index (χ0) is 32.7. The van der Waals surface area contributed by atoms with Gasteiger partial charge in [-0.15, -0.1) is 0 Å². The van der Waals surface area contributed by atoms with Crippen LogP contribution in [0.15, 0.2) is 168 Å². The van der Waals surface area contributed by atoms with Crippen LogP contribution in [0.4, 0.5) is 17.1 Å². The molecule has 232 valence electrons. The summed E-state index contributed by atoms with van der Waals surface area (Å²) in [4.78, 5) is 2.41. The molecule has 2 nitrogen and oxygen atoms in total. The maximum atomic E-state index is 6.24. The number of anilines is 3. The first-order valence-electron chi connectivity index (χ1n) is 17.0. The van der Waals surface area contributed by atoms with Crippen molar-refractivity contribution in [3.05, 3.63) is 175 Å². The van der Waals surface area contributed by atoms with Crippen LogP contribution in [-0.4, -0.2) is 0 Å². The van der Waals surface area contributed by atoms with Gasteiger partial charge in [-0.2, -0.15) is 0 Å². The van der Waals surface area contributed by atoms with Crippen LogP contribution in [0.5, 0.6) is 0 Å². The Labute approximate surface area is 285 Å². The highest BCUT2D eigenvalue weighted by atomic mass is 16.3. The highest BCUT2D eigenvalue weighted by molar-refractivity contribution is 6.10. The van der Waals surface area contributed by atoms with Crippen LogP contribution in [0.1, 0.15) is 25.0 Å². The average Bonchev–Trinajstić information content (AvgIpc) is 3.61. The molecular formula is C47H33NO. The number of fused-ring (bicyclic) bond motifs is 8. The van der Waals surface area contributed by atoms with Crippen LogP contribution in [0.3, 0.4) is 0 Å². The van der Waals surface area contributed by atoms with Gasteiger partial charge in [0.2, 0.25) is 0 Å². The summed E-state index contributed by atoms with van der Waals surface area (Å²) in [5.74, 6) is 0. The van der Waals surface area contributed by atoms with Crippen molar-refractivity contribution in [2.75, 3.05) is 4.90 Å². The Balaban J connectivity index is 1.18. The van der Waals surface area contributed by atoms with E-state index in [1.807, 2.05) is 12.1 Å². The fourth-order valence-electron chi connectivity index (χ4n) is 8.08. The molecule has 0 atom stereocenters. The van der Waals surface area contributed by atoms with Gasteiger partial charge in [0.05, 0.1) is 0 Å². The number of benzene rings is 8. The molecule has 0 radical (unpaired) electrons. The summed E-state index contributed by atoms with van der Waals surface area (Å²) < 4.78 is 6.24. The van der Waals surface area contributed by atoms with Crippen molar-refractivity contribution in [2.24, 2.45) is 0 Å². The lowest BCUT2D eigenvalue weighted by Crippen LogP contribution is -2.15. The molecule has 0 saturated carbocycles. The van der Waals surface area contributed by atoms with E-state index in [0.717, 1.165) is 44.4 Å². The lowest BCUT2D eigenvalue weighted by atomic mass is 9.82. The molecule has 0 aliphatic heterocycles. The van der Waals surface area contributed by atoms with Gasteiger partial charge in [0, 0.05) is 33.2 Å². The Morgan fingerprint density at radius 1 is 0.408 bits per heavy atom. The molecular weight excluding hydrogens is 595 g/mol. The van der Waals surface area contributed by atoms with Crippen LogP contribution in [-0.2, 0) is 5.41 Å². The molecule has 0 saturated heterocycles. The summed E-state index contributed by atoms with van der Waals surface area (Å²) >= 11 is 0. The first-order chi connectivity index (χ1) is 24.0. The van der Waals surface area contributed by atoms with Crippen molar-refractivity contribution in [1.82, 2.24) is 0 Å². The van der Waals surface area contributed by atoms with Gasteiger partial charge >= 0.3 is 0 Å². The van der Waals surface area contributed by atoms with Gasteiger partial charge in [-0.05, 0) is 116 Å². The summed E-state index contributed by atoms with van der Waals surface area (Å²) in [5.41, 5.74) is 12.9. The van der Waals surface area contributed by atoms with Gasteiger partial charge in [0.1, 0.15) is 11.2 Å². The number of nitrogens with zero attached hydrogens (tertiary/aromatic N) is 1. The van der Waals surface area contributed by atoms with E-state index in [1.165, 1.54) is 49.5 Å². The standard InChI is InChI=1S/C47H33NO/c1-47(2)43-16-7-5-14-39(43)41-29-38(22-23-44(41)47)48(36-13-9-12-32(25-36)33-19-18-30-10-3-4-11-31(30)24-33)37-21-20-34-28-46-42(27-35(34)26-37)40-15-6-8-17-45(40)49-46/h3-29H,1-2H3. The van der Waals surface area contributed by atoms with E-state index in [1.54, 1.807) is 0 Å². The summed E-state index contributed by atoms with van der Waals surface area (Å²) in [5, 5.41) is 7.12. The Hall–Kier alpha value is -6.12. The molecule has 1 aromatic heterocycles. The van der Waals surface area contributed by atoms with Gasteiger partial charge in [0.15, 0.2) is 0 Å². The number of hydrogen-bond donors (Lipinski definition) is 0. The third-order valence-corrected chi connectivity index (χ3v) is 10.6. The lowest BCUT2D eigenvalue weighted by Gasteiger charge is -2.28. The molecule has 10 rings (SSSR count). The Morgan fingerprint density at radius 2 is 1.10 bits per heavy atom. The van der Waals surface area contributed by atoms with E-state index in [2.05, 4.69) is 170 Å². The van der Waals surface area contributed by atoms with Crippen LogP contribution < -0.4 is 4.90 Å². The molecule has 2 heteroatoms. The Bertz CT molecular complexity index is 2770. The van der Waals surface area contributed by atoms with Gasteiger partial charge in [-0.3, -0.25) is 0 Å². The van der Waals surface area contributed by atoms with Crippen LogP contribution in [0.25, 0.3) is 65.7 Å². The Morgan fingerprint density at radius 3 is 2.04 bits per heavy atom. The fraction of sp³-hybridized carbons (Fsp3) is 0.0638. The normalized spacial score (nSPS) is 13.3. The molecule has 0 amide bonds. The van der Waals surface area contributed by atoms with Crippen molar-refractivity contribution < 1.29 is 4.42 Å². The monoisotopic (exact) mass is 627 g/mol. The highest BCUT2D eigenvalue weighted by Crippen LogP contribution is 2.51. The molecule has 1 aliphatic rings. The van der Waals surface area contributed by atoms with Gasteiger partial charge in [-0.1, -0.05) is 117 Å². The SMILES string of the molecule is CC1(C)c2ccccc2-c2cc(N(c3cccc(-c4ccc5ccccc5c4)c3)c3ccc4cc5oc6ccccc6c5cc4c3)ccc21. The largest absolute Gasteiger partial charge is 0.456 e. The molecule has 0 unspecified atom stereocenters. The van der Waals surface area contributed by atoms with E-state index in [-0.39, 0.29) is 5.41 Å². The second-order valence-electron chi connectivity index (χ2n) is 13.8. The summed E-state index contributed by atoms with van der Waals surface area (Å²) in [7, 11) is 0. The minimum atomic E-state index is -0.0486. The molecule has 0 bridgehead atoms. The smallest absolute Gasteiger partial charge is 0.136 e. The fourth-order valence-corrected chi connectivity index (χ4v) is 8.08. The maximum Gasteiger partial charge on any atom is 0.136 e. The number of furan rings is 1. The minimum absolute atomic E-state index is 0.0486. The summed E-state index contributed by atoms with van der Waals surface area (Å²) in [6, 6.07) is 59.7. The predicted octanol–water partition coefficient (Wildman–Crippen LogP) is 13.3. The van der Waals surface area contributed by atoms with Crippen LogP contribution in [0.2, 0.25) is 0 Å². The van der Waals surface area contributed by atoms with Gasteiger partial charge < -0.3 is 9.32 Å². The number of para-hydroxylation sites is 1.